The Kier molecular flexibility index (Phi) is 3.18. The normalized spacial score (nSPS) is 10.5. The van der Waals surface area contributed by atoms with E-state index in [-0.39, 0.29) is 0 Å². The lowest BCUT2D eigenvalue weighted by molar-refractivity contribution is 0.156. The molecule has 0 amide bonds. The van der Waals surface area contributed by atoms with Crippen LogP contribution in [-0.4, -0.2) is 12.3 Å². The Labute approximate surface area is 96.2 Å². The minimum absolute atomic E-state index is 0.448. The number of hydrogen-bond acceptors (Lipinski definition) is 3. The van der Waals surface area contributed by atoms with Crippen LogP contribution >= 0.6 is 15.9 Å². The third-order valence-corrected chi connectivity index (χ3v) is 2.51. The Bertz CT molecular complexity index is 436. The van der Waals surface area contributed by atoms with Crippen LogP contribution in [0.1, 0.15) is 5.76 Å². The van der Waals surface area contributed by atoms with Crippen molar-refractivity contribution in [3.8, 4) is 11.3 Å². The Hall–Kier alpha value is -1.13. The van der Waals surface area contributed by atoms with Gasteiger partial charge in [0.25, 0.3) is 0 Å². The summed E-state index contributed by atoms with van der Waals surface area (Å²) in [4.78, 5) is 0. The van der Waals surface area contributed by atoms with Gasteiger partial charge in [-0.3, -0.25) is 0 Å². The molecule has 1 aromatic carbocycles. The number of halogens is 1. The molecular weight excluding hydrogens is 258 g/mol. The van der Waals surface area contributed by atoms with Crippen LogP contribution in [0.5, 0.6) is 0 Å². The van der Waals surface area contributed by atoms with Gasteiger partial charge in [-0.2, -0.15) is 0 Å². The quantitative estimate of drug-likeness (QED) is 0.857. The number of ether oxygens (including phenoxy) is 1. The van der Waals surface area contributed by atoms with Crippen LogP contribution in [0.2, 0.25) is 0 Å². The molecule has 0 saturated carbocycles. The summed E-state index contributed by atoms with van der Waals surface area (Å²) >= 11 is 3.38. The number of rotatable bonds is 3. The van der Waals surface area contributed by atoms with Crippen LogP contribution in [-0.2, 0) is 11.3 Å². The molecule has 0 unspecified atom stereocenters. The minimum atomic E-state index is 0.448. The number of aromatic nitrogens is 1. The zero-order valence-corrected chi connectivity index (χ0v) is 9.82. The van der Waals surface area contributed by atoms with E-state index in [9.17, 15) is 0 Å². The lowest BCUT2D eigenvalue weighted by atomic mass is 10.1. The van der Waals surface area contributed by atoms with E-state index in [1.807, 2.05) is 30.3 Å². The monoisotopic (exact) mass is 267 g/mol. The summed E-state index contributed by atoms with van der Waals surface area (Å²) in [6.45, 7) is 0.448. The van der Waals surface area contributed by atoms with Gasteiger partial charge < -0.3 is 9.26 Å². The molecule has 2 rings (SSSR count). The molecule has 0 bridgehead atoms. The fourth-order valence-electron chi connectivity index (χ4n) is 1.28. The van der Waals surface area contributed by atoms with Crippen molar-refractivity contribution in [2.24, 2.45) is 0 Å². The molecular formula is C11H10BrNO2. The van der Waals surface area contributed by atoms with Crippen LogP contribution < -0.4 is 0 Å². The smallest absolute Gasteiger partial charge is 0.162 e. The summed E-state index contributed by atoms with van der Waals surface area (Å²) in [6, 6.07) is 9.80. The van der Waals surface area contributed by atoms with Gasteiger partial charge in [0, 0.05) is 23.2 Å². The summed E-state index contributed by atoms with van der Waals surface area (Å²) in [5, 5.41) is 3.96. The highest BCUT2D eigenvalue weighted by Crippen LogP contribution is 2.21. The predicted octanol–water partition coefficient (Wildman–Crippen LogP) is 3.25. The maximum Gasteiger partial charge on any atom is 0.162 e. The van der Waals surface area contributed by atoms with Crippen molar-refractivity contribution < 1.29 is 9.26 Å². The van der Waals surface area contributed by atoms with Gasteiger partial charge >= 0.3 is 0 Å². The third kappa shape index (κ3) is 2.46. The minimum Gasteiger partial charge on any atom is -0.377 e. The van der Waals surface area contributed by atoms with Gasteiger partial charge in [-0.1, -0.05) is 33.2 Å². The molecule has 1 aromatic heterocycles. The van der Waals surface area contributed by atoms with E-state index in [2.05, 4.69) is 21.1 Å². The Morgan fingerprint density at radius 2 is 2.07 bits per heavy atom. The van der Waals surface area contributed by atoms with Gasteiger partial charge in [-0.15, -0.1) is 0 Å². The van der Waals surface area contributed by atoms with Crippen molar-refractivity contribution in [1.29, 1.82) is 0 Å². The van der Waals surface area contributed by atoms with Crippen molar-refractivity contribution in [1.82, 2.24) is 5.16 Å². The molecule has 0 aliphatic rings. The molecule has 0 aliphatic carbocycles. The largest absolute Gasteiger partial charge is 0.377 e. The van der Waals surface area contributed by atoms with Gasteiger partial charge in [0.05, 0.1) is 0 Å². The van der Waals surface area contributed by atoms with Crippen molar-refractivity contribution in [3.63, 3.8) is 0 Å². The Morgan fingerprint density at radius 3 is 2.73 bits per heavy atom. The van der Waals surface area contributed by atoms with E-state index >= 15 is 0 Å². The molecule has 0 radical (unpaired) electrons. The topological polar surface area (TPSA) is 35.3 Å². The van der Waals surface area contributed by atoms with Gasteiger partial charge in [0.1, 0.15) is 12.3 Å². The standard InChI is InChI=1S/C11H10BrNO2/c1-14-7-10-6-11(13-15-10)8-2-4-9(12)5-3-8/h2-6H,7H2,1H3. The molecule has 0 N–H and O–H groups in total. The van der Waals surface area contributed by atoms with Crippen molar-refractivity contribution in [2.45, 2.75) is 6.61 Å². The van der Waals surface area contributed by atoms with E-state index < -0.39 is 0 Å². The van der Waals surface area contributed by atoms with E-state index in [1.165, 1.54) is 0 Å². The van der Waals surface area contributed by atoms with Crippen molar-refractivity contribution in [3.05, 3.63) is 40.6 Å². The summed E-state index contributed by atoms with van der Waals surface area (Å²) < 4.78 is 11.1. The zero-order valence-electron chi connectivity index (χ0n) is 8.24. The molecule has 0 fully saturated rings. The summed E-state index contributed by atoms with van der Waals surface area (Å²) in [5.41, 5.74) is 1.86. The lowest BCUT2D eigenvalue weighted by Crippen LogP contribution is -1.81. The molecule has 0 atom stereocenters. The second kappa shape index (κ2) is 4.59. The lowest BCUT2D eigenvalue weighted by Gasteiger charge is -1.94. The summed E-state index contributed by atoms with van der Waals surface area (Å²) in [5.74, 6) is 0.732. The second-order valence-corrected chi connectivity index (χ2v) is 4.03. The predicted molar refractivity (Wildman–Crippen MR) is 60.4 cm³/mol. The first-order valence-electron chi connectivity index (χ1n) is 4.50. The van der Waals surface area contributed by atoms with Crippen molar-refractivity contribution >= 4 is 15.9 Å². The fraction of sp³-hybridized carbons (Fsp3) is 0.182. The first-order chi connectivity index (χ1) is 7.29. The number of nitrogens with zero attached hydrogens (tertiary/aromatic N) is 1. The average molecular weight is 268 g/mol. The molecule has 3 nitrogen and oxygen atoms in total. The van der Waals surface area contributed by atoms with Crippen LogP contribution in [0, 0.1) is 0 Å². The molecule has 0 aliphatic heterocycles. The van der Waals surface area contributed by atoms with Crippen molar-refractivity contribution in [2.75, 3.05) is 7.11 Å². The van der Waals surface area contributed by atoms with Gasteiger partial charge in [0.2, 0.25) is 0 Å². The van der Waals surface area contributed by atoms with Crippen LogP contribution in [0.25, 0.3) is 11.3 Å². The SMILES string of the molecule is COCc1cc(-c2ccc(Br)cc2)no1. The molecule has 0 saturated heterocycles. The molecule has 1 heterocycles. The fourth-order valence-corrected chi connectivity index (χ4v) is 1.54. The van der Waals surface area contributed by atoms with Gasteiger partial charge in [-0.25, -0.2) is 0 Å². The summed E-state index contributed by atoms with van der Waals surface area (Å²) in [6.07, 6.45) is 0. The number of methoxy groups -OCH3 is 1. The molecule has 15 heavy (non-hydrogen) atoms. The van der Waals surface area contributed by atoms with Gasteiger partial charge in [0.15, 0.2) is 5.76 Å². The average Bonchev–Trinajstić information content (AvgIpc) is 2.68. The highest BCUT2D eigenvalue weighted by molar-refractivity contribution is 9.10. The second-order valence-electron chi connectivity index (χ2n) is 3.12. The van der Waals surface area contributed by atoms with Crippen LogP contribution in [0.3, 0.4) is 0 Å². The highest BCUT2D eigenvalue weighted by Gasteiger charge is 2.05. The van der Waals surface area contributed by atoms with Crippen LogP contribution in [0.4, 0.5) is 0 Å². The van der Waals surface area contributed by atoms with Crippen LogP contribution in [0.15, 0.2) is 39.3 Å². The first-order valence-corrected chi connectivity index (χ1v) is 5.29. The number of hydrogen-bond donors (Lipinski definition) is 0. The molecule has 78 valence electrons. The molecule has 2 aromatic rings. The summed E-state index contributed by atoms with van der Waals surface area (Å²) in [7, 11) is 1.63. The van der Waals surface area contributed by atoms with E-state index in [1.54, 1.807) is 7.11 Å². The first kappa shape index (κ1) is 10.4. The van der Waals surface area contributed by atoms with Gasteiger partial charge in [-0.05, 0) is 12.1 Å². The maximum absolute atomic E-state index is 5.10. The Morgan fingerprint density at radius 1 is 1.33 bits per heavy atom. The highest BCUT2D eigenvalue weighted by atomic mass is 79.9. The van der Waals surface area contributed by atoms with E-state index in [0.717, 1.165) is 21.5 Å². The molecule has 0 spiro atoms. The zero-order chi connectivity index (χ0) is 10.7. The Balaban J connectivity index is 2.25. The maximum atomic E-state index is 5.10. The molecule has 4 heteroatoms. The van der Waals surface area contributed by atoms with E-state index in [4.69, 9.17) is 9.26 Å². The van der Waals surface area contributed by atoms with E-state index in [0.29, 0.717) is 6.61 Å². The number of benzene rings is 1. The third-order valence-electron chi connectivity index (χ3n) is 1.99.